The lowest BCUT2D eigenvalue weighted by molar-refractivity contribution is 0.0880. The Morgan fingerprint density at radius 1 is 1.29 bits per heavy atom. The quantitative estimate of drug-likeness (QED) is 0.708. The summed E-state index contributed by atoms with van der Waals surface area (Å²) in [7, 11) is 0. The Kier molecular flexibility index (Phi) is 3.87. The van der Waals surface area contributed by atoms with Gasteiger partial charge in [-0.3, -0.25) is 9.59 Å². The van der Waals surface area contributed by atoms with Gasteiger partial charge in [-0.15, -0.1) is 11.3 Å². The molecule has 1 saturated carbocycles. The normalized spacial score (nSPS) is 21.4. The van der Waals surface area contributed by atoms with Crippen LogP contribution < -0.4 is 11.1 Å². The van der Waals surface area contributed by atoms with Crippen LogP contribution in [0.3, 0.4) is 0 Å². The summed E-state index contributed by atoms with van der Waals surface area (Å²) in [5.74, 6) is 0.265. The van der Waals surface area contributed by atoms with Crippen LogP contribution in [0.5, 0.6) is 0 Å². The van der Waals surface area contributed by atoms with Gasteiger partial charge in [-0.25, -0.2) is 4.98 Å². The highest BCUT2D eigenvalue weighted by Crippen LogP contribution is 2.48. The molecule has 1 unspecified atom stereocenters. The third-order valence-corrected chi connectivity index (χ3v) is 6.70. The lowest BCUT2D eigenvalue weighted by Crippen LogP contribution is -2.41. The zero-order chi connectivity index (χ0) is 19.3. The summed E-state index contributed by atoms with van der Waals surface area (Å²) >= 11 is 1.20. The van der Waals surface area contributed by atoms with E-state index in [1.165, 1.54) is 17.7 Å². The number of rotatable bonds is 4. The van der Waals surface area contributed by atoms with Gasteiger partial charge in [-0.1, -0.05) is 30.3 Å². The van der Waals surface area contributed by atoms with E-state index in [1.807, 2.05) is 30.3 Å². The van der Waals surface area contributed by atoms with Crippen molar-refractivity contribution in [3.8, 4) is 0 Å². The van der Waals surface area contributed by atoms with Crippen molar-refractivity contribution in [2.75, 3.05) is 5.73 Å². The second-order valence-electron chi connectivity index (χ2n) is 7.36. The third kappa shape index (κ3) is 2.50. The Morgan fingerprint density at radius 3 is 2.75 bits per heavy atom. The fourth-order valence-corrected chi connectivity index (χ4v) is 5.19. The van der Waals surface area contributed by atoms with Crippen LogP contribution in [-0.2, 0) is 11.8 Å². The molecule has 1 atom stereocenters. The number of hydrogen-bond donors (Lipinski definition) is 2. The first kappa shape index (κ1) is 17.2. The number of aromatic nitrogens is 1. The van der Waals surface area contributed by atoms with E-state index >= 15 is 0 Å². The molecule has 6 nitrogen and oxygen atoms in total. The summed E-state index contributed by atoms with van der Waals surface area (Å²) in [4.78, 5) is 31.1. The van der Waals surface area contributed by atoms with Gasteiger partial charge in [0.25, 0.3) is 5.91 Å². The Hall–Kier alpha value is -2.93. The fourth-order valence-electron chi connectivity index (χ4n) is 4.06. The van der Waals surface area contributed by atoms with Crippen LogP contribution in [-0.4, -0.2) is 22.7 Å². The molecule has 1 aromatic carbocycles. The Bertz CT molecular complexity index is 1050. The van der Waals surface area contributed by atoms with Crippen LogP contribution in [0.4, 0.5) is 5.00 Å². The number of amides is 1. The van der Waals surface area contributed by atoms with Gasteiger partial charge in [-0.05, 0) is 36.8 Å². The van der Waals surface area contributed by atoms with E-state index in [4.69, 9.17) is 10.2 Å². The monoisotopic (exact) mass is 393 g/mol. The topological polar surface area (TPSA) is 98.2 Å². The van der Waals surface area contributed by atoms with Crippen LogP contribution >= 0.6 is 11.3 Å². The predicted octanol–water partition coefficient (Wildman–Crippen LogP) is 3.33. The molecule has 0 radical (unpaired) electrons. The SMILES string of the molecule is Nc1sc2c(c1C(=O)NC1CC1)CCC(c1ccccc1)(c1cnco1)C2=O. The molecule has 0 aliphatic heterocycles. The van der Waals surface area contributed by atoms with Crippen molar-refractivity contribution in [1.82, 2.24) is 10.3 Å². The minimum atomic E-state index is -0.952. The standard InChI is InChI=1S/C21H19N3O3S/c22-19-16(20(26)24-13-6-7-13)14-8-9-21(15-10-23-11-27-15,18(25)17(14)28-19)12-4-2-1-3-5-12/h1-5,10-11,13H,6-9,22H2,(H,24,26). The van der Waals surface area contributed by atoms with Crippen LogP contribution in [0, 0.1) is 0 Å². The first-order valence-electron chi connectivity index (χ1n) is 9.32. The van der Waals surface area contributed by atoms with Crippen molar-refractivity contribution < 1.29 is 14.0 Å². The number of thiophene rings is 1. The molecule has 0 saturated heterocycles. The number of carbonyl (C=O) groups is 2. The fraction of sp³-hybridized carbons (Fsp3) is 0.286. The van der Waals surface area contributed by atoms with Gasteiger partial charge in [0, 0.05) is 6.04 Å². The van der Waals surface area contributed by atoms with Crippen molar-refractivity contribution in [3.05, 3.63) is 70.3 Å². The zero-order valence-corrected chi connectivity index (χ0v) is 15.9. The van der Waals surface area contributed by atoms with Gasteiger partial charge in [0.05, 0.1) is 21.6 Å². The minimum Gasteiger partial charge on any atom is -0.447 e. The number of carbonyl (C=O) groups excluding carboxylic acids is 2. The molecule has 2 heterocycles. The van der Waals surface area contributed by atoms with Gasteiger partial charge < -0.3 is 15.5 Å². The van der Waals surface area contributed by atoms with Crippen molar-refractivity contribution in [1.29, 1.82) is 0 Å². The summed E-state index contributed by atoms with van der Waals surface area (Å²) < 4.78 is 5.62. The number of benzene rings is 1. The highest BCUT2D eigenvalue weighted by atomic mass is 32.1. The summed E-state index contributed by atoms with van der Waals surface area (Å²) in [5, 5.41) is 3.39. The van der Waals surface area contributed by atoms with Crippen molar-refractivity contribution >= 4 is 28.0 Å². The van der Waals surface area contributed by atoms with Crippen molar-refractivity contribution in [2.45, 2.75) is 37.1 Å². The molecule has 3 aromatic rings. The number of ketones is 1. The lowest BCUT2D eigenvalue weighted by atomic mass is 9.67. The number of hydrogen-bond acceptors (Lipinski definition) is 6. The molecule has 5 rings (SSSR count). The maximum Gasteiger partial charge on any atom is 0.254 e. The summed E-state index contributed by atoms with van der Waals surface area (Å²) in [6.07, 6.45) is 6.02. The number of nitrogens with zero attached hydrogens (tertiary/aromatic N) is 1. The molecule has 0 spiro atoms. The Labute approximate surface area is 165 Å². The van der Waals surface area contributed by atoms with Crippen LogP contribution in [0.15, 0.2) is 47.3 Å². The van der Waals surface area contributed by atoms with E-state index in [-0.39, 0.29) is 17.7 Å². The third-order valence-electron chi connectivity index (χ3n) is 5.64. The maximum atomic E-state index is 13.8. The van der Waals surface area contributed by atoms with Crippen LogP contribution in [0.2, 0.25) is 0 Å². The number of nitrogen functional groups attached to an aromatic ring is 1. The number of nitrogens with two attached hydrogens (primary N) is 1. The first-order chi connectivity index (χ1) is 13.6. The number of fused-ring (bicyclic) bond motifs is 1. The molecule has 142 valence electrons. The zero-order valence-electron chi connectivity index (χ0n) is 15.1. The van der Waals surface area contributed by atoms with Gasteiger partial charge in [0.2, 0.25) is 0 Å². The van der Waals surface area contributed by atoms with Crippen molar-refractivity contribution in [2.24, 2.45) is 0 Å². The second kappa shape index (κ2) is 6.31. The van der Waals surface area contributed by atoms with Gasteiger partial charge in [-0.2, -0.15) is 0 Å². The number of Topliss-reactive ketones (excluding diaryl/α,β-unsaturated/α-hetero) is 1. The maximum absolute atomic E-state index is 13.8. The largest absolute Gasteiger partial charge is 0.447 e. The average molecular weight is 393 g/mol. The van der Waals surface area contributed by atoms with Gasteiger partial charge >= 0.3 is 0 Å². The van der Waals surface area contributed by atoms with Crippen LogP contribution in [0.25, 0.3) is 0 Å². The second-order valence-corrected chi connectivity index (χ2v) is 8.42. The molecule has 2 aliphatic carbocycles. The lowest BCUT2D eigenvalue weighted by Gasteiger charge is -2.34. The molecular formula is C21H19N3O3S. The first-order valence-corrected chi connectivity index (χ1v) is 10.1. The van der Waals surface area contributed by atoms with E-state index in [2.05, 4.69) is 10.3 Å². The molecule has 7 heteroatoms. The van der Waals surface area contributed by atoms with E-state index < -0.39 is 5.41 Å². The average Bonchev–Trinajstić information content (AvgIpc) is 3.21. The predicted molar refractivity (Wildman–Crippen MR) is 106 cm³/mol. The van der Waals surface area contributed by atoms with E-state index in [0.29, 0.717) is 34.0 Å². The van der Waals surface area contributed by atoms with Gasteiger partial charge in [0.15, 0.2) is 12.2 Å². The summed E-state index contributed by atoms with van der Waals surface area (Å²) in [5.41, 5.74) is 7.34. The smallest absolute Gasteiger partial charge is 0.254 e. The highest BCUT2D eigenvalue weighted by molar-refractivity contribution is 7.18. The summed E-state index contributed by atoms with van der Waals surface area (Å²) in [6.45, 7) is 0. The van der Waals surface area contributed by atoms with E-state index in [9.17, 15) is 9.59 Å². The van der Waals surface area contributed by atoms with E-state index in [0.717, 1.165) is 24.0 Å². The number of oxazole rings is 1. The molecule has 2 aliphatic rings. The van der Waals surface area contributed by atoms with Crippen molar-refractivity contribution in [3.63, 3.8) is 0 Å². The van der Waals surface area contributed by atoms with Crippen LogP contribution in [0.1, 0.15) is 56.2 Å². The molecule has 2 aromatic heterocycles. The van der Waals surface area contributed by atoms with E-state index in [1.54, 1.807) is 6.20 Å². The van der Waals surface area contributed by atoms with Gasteiger partial charge in [0.1, 0.15) is 11.2 Å². The molecule has 1 fully saturated rings. The molecular weight excluding hydrogens is 374 g/mol. The Morgan fingerprint density at radius 2 is 2.07 bits per heavy atom. The minimum absolute atomic E-state index is 0.0844. The molecule has 0 bridgehead atoms. The number of nitrogens with one attached hydrogen (secondary N) is 1. The molecule has 1 amide bonds. The molecule has 3 N–H and O–H groups in total. The summed E-state index contributed by atoms with van der Waals surface area (Å²) in [6, 6.07) is 9.84. The Balaban J connectivity index is 1.63. The molecule has 28 heavy (non-hydrogen) atoms. The number of anilines is 1. The highest BCUT2D eigenvalue weighted by Gasteiger charge is 2.50.